The maximum Gasteiger partial charge on any atom is 0.171 e. The monoisotopic (exact) mass is 223 g/mol. The van der Waals surface area contributed by atoms with E-state index in [0.717, 1.165) is 18.1 Å². The zero-order chi connectivity index (χ0) is 11.4. The highest BCUT2D eigenvalue weighted by atomic mass is 16.5. The molecule has 0 spiro atoms. The van der Waals surface area contributed by atoms with Gasteiger partial charge in [-0.1, -0.05) is 0 Å². The van der Waals surface area contributed by atoms with Crippen LogP contribution in [0.15, 0.2) is 18.3 Å². The van der Waals surface area contributed by atoms with E-state index in [1.165, 1.54) is 0 Å². The molecule has 16 heavy (non-hydrogen) atoms. The molecule has 2 heterocycles. The van der Waals surface area contributed by atoms with E-state index < -0.39 is 0 Å². The highest BCUT2D eigenvalue weighted by molar-refractivity contribution is 5.53. The molecule has 0 aliphatic carbocycles. The number of ether oxygens (including phenoxy) is 2. The van der Waals surface area contributed by atoms with Gasteiger partial charge in [-0.15, -0.1) is 0 Å². The van der Waals surface area contributed by atoms with E-state index in [0.29, 0.717) is 19.8 Å². The lowest BCUT2D eigenvalue weighted by atomic mass is 10.2. The molecule has 1 fully saturated rings. The predicted molar refractivity (Wildman–Crippen MR) is 61.8 cm³/mol. The predicted octanol–water partition coefficient (Wildman–Crippen LogP) is 0.254. The molecule has 2 rings (SSSR count). The van der Waals surface area contributed by atoms with Crippen molar-refractivity contribution in [2.24, 2.45) is 5.73 Å². The van der Waals surface area contributed by atoms with Gasteiger partial charge < -0.3 is 20.1 Å². The number of methoxy groups -OCH3 is 1. The van der Waals surface area contributed by atoms with Crippen LogP contribution < -0.4 is 15.4 Å². The molecule has 1 atom stereocenters. The van der Waals surface area contributed by atoms with Crippen molar-refractivity contribution in [1.29, 1.82) is 0 Å². The Morgan fingerprint density at radius 3 is 3.31 bits per heavy atom. The van der Waals surface area contributed by atoms with E-state index in [4.69, 9.17) is 15.2 Å². The summed E-state index contributed by atoms with van der Waals surface area (Å²) in [4.78, 5) is 6.52. The van der Waals surface area contributed by atoms with Crippen LogP contribution in [0.3, 0.4) is 0 Å². The fourth-order valence-corrected chi connectivity index (χ4v) is 1.89. The SMILES string of the molecule is COc1cccnc1N1CCOCC1CN. The molecule has 0 saturated carbocycles. The van der Waals surface area contributed by atoms with E-state index in [1.807, 2.05) is 12.1 Å². The Labute approximate surface area is 95.2 Å². The van der Waals surface area contributed by atoms with Crippen molar-refractivity contribution >= 4 is 5.82 Å². The summed E-state index contributed by atoms with van der Waals surface area (Å²) in [6.07, 6.45) is 1.76. The number of anilines is 1. The van der Waals surface area contributed by atoms with Gasteiger partial charge in [0.1, 0.15) is 0 Å². The van der Waals surface area contributed by atoms with Gasteiger partial charge in [0.05, 0.1) is 26.4 Å². The molecule has 0 amide bonds. The number of hydrogen-bond acceptors (Lipinski definition) is 5. The highest BCUT2D eigenvalue weighted by Crippen LogP contribution is 2.27. The van der Waals surface area contributed by atoms with Crippen LogP contribution in [0.4, 0.5) is 5.82 Å². The van der Waals surface area contributed by atoms with E-state index in [1.54, 1.807) is 13.3 Å². The zero-order valence-corrected chi connectivity index (χ0v) is 9.43. The molecule has 1 saturated heterocycles. The molecule has 0 bridgehead atoms. The Kier molecular flexibility index (Phi) is 3.58. The van der Waals surface area contributed by atoms with E-state index in [2.05, 4.69) is 9.88 Å². The number of rotatable bonds is 3. The maximum absolute atomic E-state index is 5.73. The average Bonchev–Trinajstić information content (AvgIpc) is 2.38. The molecular weight excluding hydrogens is 206 g/mol. The number of pyridine rings is 1. The van der Waals surface area contributed by atoms with Crippen LogP contribution in [0.1, 0.15) is 0 Å². The molecule has 5 nitrogen and oxygen atoms in total. The number of morpholine rings is 1. The fraction of sp³-hybridized carbons (Fsp3) is 0.545. The summed E-state index contributed by atoms with van der Waals surface area (Å²) in [6.45, 7) is 2.71. The van der Waals surface area contributed by atoms with Gasteiger partial charge in [0, 0.05) is 19.3 Å². The molecule has 1 aliphatic heterocycles. The first-order chi connectivity index (χ1) is 7.86. The quantitative estimate of drug-likeness (QED) is 0.796. The third-order valence-corrected chi connectivity index (χ3v) is 2.74. The smallest absolute Gasteiger partial charge is 0.171 e. The minimum atomic E-state index is 0.178. The summed E-state index contributed by atoms with van der Waals surface area (Å²) in [5.74, 6) is 1.63. The van der Waals surface area contributed by atoms with E-state index in [-0.39, 0.29) is 6.04 Å². The topological polar surface area (TPSA) is 60.6 Å². The second kappa shape index (κ2) is 5.14. The first-order valence-corrected chi connectivity index (χ1v) is 5.40. The zero-order valence-electron chi connectivity index (χ0n) is 9.43. The molecule has 1 aliphatic rings. The third kappa shape index (κ3) is 2.10. The van der Waals surface area contributed by atoms with Gasteiger partial charge in [-0.2, -0.15) is 0 Å². The molecule has 88 valence electrons. The fourth-order valence-electron chi connectivity index (χ4n) is 1.89. The van der Waals surface area contributed by atoms with Gasteiger partial charge in [-0.25, -0.2) is 4.98 Å². The van der Waals surface area contributed by atoms with Crippen LogP contribution >= 0.6 is 0 Å². The summed E-state index contributed by atoms with van der Waals surface area (Å²) >= 11 is 0. The van der Waals surface area contributed by atoms with Crippen molar-refractivity contribution in [3.8, 4) is 5.75 Å². The number of aromatic nitrogens is 1. The second-order valence-corrected chi connectivity index (χ2v) is 3.69. The summed E-state index contributed by atoms with van der Waals surface area (Å²) in [5.41, 5.74) is 5.73. The van der Waals surface area contributed by atoms with E-state index in [9.17, 15) is 0 Å². The lowest BCUT2D eigenvalue weighted by Crippen LogP contribution is -2.50. The van der Waals surface area contributed by atoms with Gasteiger partial charge >= 0.3 is 0 Å². The van der Waals surface area contributed by atoms with Crippen molar-refractivity contribution < 1.29 is 9.47 Å². The third-order valence-electron chi connectivity index (χ3n) is 2.74. The Hall–Kier alpha value is -1.33. The van der Waals surface area contributed by atoms with E-state index >= 15 is 0 Å². The molecule has 5 heteroatoms. The van der Waals surface area contributed by atoms with Gasteiger partial charge in [-0.3, -0.25) is 0 Å². The Balaban J connectivity index is 2.26. The van der Waals surface area contributed by atoms with Crippen molar-refractivity contribution in [2.75, 3.05) is 38.3 Å². The van der Waals surface area contributed by atoms with Crippen LogP contribution in [-0.4, -0.2) is 44.4 Å². The van der Waals surface area contributed by atoms with Gasteiger partial charge in [-0.05, 0) is 12.1 Å². The largest absolute Gasteiger partial charge is 0.493 e. The molecule has 2 N–H and O–H groups in total. The first kappa shape index (κ1) is 11.2. The van der Waals surface area contributed by atoms with Crippen LogP contribution in [-0.2, 0) is 4.74 Å². The summed E-state index contributed by atoms with van der Waals surface area (Å²) in [5, 5.41) is 0. The molecular formula is C11H17N3O2. The summed E-state index contributed by atoms with van der Waals surface area (Å²) < 4.78 is 10.7. The lowest BCUT2D eigenvalue weighted by molar-refractivity contribution is 0.0955. The second-order valence-electron chi connectivity index (χ2n) is 3.69. The maximum atomic E-state index is 5.73. The minimum absolute atomic E-state index is 0.178. The Morgan fingerprint density at radius 1 is 1.69 bits per heavy atom. The number of nitrogens with two attached hydrogens (primary N) is 1. The normalized spacial score (nSPS) is 20.9. The van der Waals surface area contributed by atoms with Crippen LogP contribution in [0.25, 0.3) is 0 Å². The molecule has 1 aromatic heterocycles. The van der Waals surface area contributed by atoms with Crippen LogP contribution in [0.2, 0.25) is 0 Å². The van der Waals surface area contributed by atoms with Crippen molar-refractivity contribution in [3.05, 3.63) is 18.3 Å². The lowest BCUT2D eigenvalue weighted by Gasteiger charge is -2.36. The van der Waals surface area contributed by atoms with Crippen LogP contribution in [0, 0.1) is 0 Å². The summed E-state index contributed by atoms with van der Waals surface area (Å²) in [6, 6.07) is 3.95. The summed E-state index contributed by atoms with van der Waals surface area (Å²) in [7, 11) is 1.65. The Bertz CT molecular complexity index is 346. The van der Waals surface area contributed by atoms with Crippen molar-refractivity contribution in [1.82, 2.24) is 4.98 Å². The van der Waals surface area contributed by atoms with Crippen molar-refractivity contribution in [3.63, 3.8) is 0 Å². The molecule has 1 aromatic rings. The standard InChI is InChI=1S/C11H17N3O2/c1-15-10-3-2-4-13-11(10)14-5-6-16-8-9(14)7-12/h2-4,9H,5-8,12H2,1H3. The molecule has 1 unspecified atom stereocenters. The van der Waals surface area contributed by atoms with Crippen molar-refractivity contribution in [2.45, 2.75) is 6.04 Å². The van der Waals surface area contributed by atoms with Gasteiger partial charge in [0.25, 0.3) is 0 Å². The average molecular weight is 223 g/mol. The van der Waals surface area contributed by atoms with Gasteiger partial charge in [0.15, 0.2) is 11.6 Å². The minimum Gasteiger partial charge on any atom is -0.493 e. The number of hydrogen-bond donors (Lipinski definition) is 1. The Morgan fingerprint density at radius 2 is 2.56 bits per heavy atom. The molecule has 0 aromatic carbocycles. The first-order valence-electron chi connectivity index (χ1n) is 5.40. The highest BCUT2D eigenvalue weighted by Gasteiger charge is 2.25. The molecule has 0 radical (unpaired) electrons. The van der Waals surface area contributed by atoms with Crippen LogP contribution in [0.5, 0.6) is 5.75 Å². The van der Waals surface area contributed by atoms with Gasteiger partial charge in [0.2, 0.25) is 0 Å². The number of nitrogens with zero attached hydrogens (tertiary/aromatic N) is 2.